The molecule has 92 valence electrons. The number of phenols is 1. The van der Waals surface area contributed by atoms with Crippen LogP contribution in [0, 0.1) is 0 Å². The van der Waals surface area contributed by atoms with Gasteiger partial charge in [0, 0.05) is 17.2 Å². The molecular formula is C12H8Cl2N2O2. The SMILES string of the molecule is Nc1c(O)cc(Cl)c2c1Oc1cc(Cl)ccc1N2. The van der Waals surface area contributed by atoms with E-state index < -0.39 is 0 Å². The van der Waals surface area contributed by atoms with Gasteiger partial charge in [-0.2, -0.15) is 0 Å². The molecule has 0 fully saturated rings. The first-order chi connectivity index (χ1) is 8.56. The number of rotatable bonds is 0. The monoisotopic (exact) mass is 282 g/mol. The molecule has 1 aliphatic rings. The molecular weight excluding hydrogens is 275 g/mol. The standard InChI is InChI=1S/C12H8Cl2N2O2/c13-5-1-2-7-9(3-5)18-12-10(15)8(17)4-6(14)11(12)16-7/h1-4,16-17H,15H2. The van der Waals surface area contributed by atoms with Crippen molar-refractivity contribution < 1.29 is 9.84 Å². The van der Waals surface area contributed by atoms with Crippen LogP contribution in [0.2, 0.25) is 10.0 Å². The van der Waals surface area contributed by atoms with E-state index in [-0.39, 0.29) is 11.4 Å². The van der Waals surface area contributed by atoms with Crippen molar-refractivity contribution in [2.75, 3.05) is 11.1 Å². The number of benzene rings is 2. The van der Waals surface area contributed by atoms with Crippen LogP contribution in [0.5, 0.6) is 17.2 Å². The molecule has 2 aromatic rings. The Labute approximate surface area is 113 Å². The Hall–Kier alpha value is -1.78. The van der Waals surface area contributed by atoms with Gasteiger partial charge in [-0.1, -0.05) is 23.2 Å². The molecule has 2 aromatic carbocycles. The van der Waals surface area contributed by atoms with E-state index in [1.807, 2.05) is 0 Å². The van der Waals surface area contributed by atoms with Crippen molar-refractivity contribution in [2.45, 2.75) is 0 Å². The third-order valence-corrected chi connectivity index (χ3v) is 3.20. The number of ether oxygens (including phenoxy) is 1. The van der Waals surface area contributed by atoms with Gasteiger partial charge in [-0.15, -0.1) is 0 Å². The molecule has 18 heavy (non-hydrogen) atoms. The first kappa shape index (κ1) is 11.3. The highest BCUT2D eigenvalue weighted by Crippen LogP contribution is 2.51. The van der Waals surface area contributed by atoms with E-state index >= 15 is 0 Å². The normalized spacial score (nSPS) is 12.1. The van der Waals surface area contributed by atoms with E-state index in [0.29, 0.717) is 27.2 Å². The van der Waals surface area contributed by atoms with Crippen molar-refractivity contribution in [1.29, 1.82) is 0 Å². The Kier molecular flexibility index (Phi) is 2.43. The highest BCUT2D eigenvalue weighted by molar-refractivity contribution is 6.34. The van der Waals surface area contributed by atoms with Crippen molar-refractivity contribution in [1.82, 2.24) is 0 Å². The van der Waals surface area contributed by atoms with Gasteiger partial charge >= 0.3 is 0 Å². The molecule has 0 bridgehead atoms. The van der Waals surface area contributed by atoms with Gasteiger partial charge in [0.1, 0.15) is 17.1 Å². The van der Waals surface area contributed by atoms with Crippen molar-refractivity contribution in [3.63, 3.8) is 0 Å². The molecule has 1 heterocycles. The van der Waals surface area contributed by atoms with Crippen molar-refractivity contribution >= 4 is 40.3 Å². The summed E-state index contributed by atoms with van der Waals surface area (Å²) in [6.45, 7) is 0. The fraction of sp³-hybridized carbons (Fsp3) is 0. The Morgan fingerprint density at radius 2 is 2.00 bits per heavy atom. The van der Waals surface area contributed by atoms with Crippen LogP contribution in [0.15, 0.2) is 24.3 Å². The molecule has 0 radical (unpaired) electrons. The van der Waals surface area contributed by atoms with Gasteiger partial charge in [0.25, 0.3) is 0 Å². The second kappa shape index (κ2) is 3.86. The first-order valence-electron chi connectivity index (χ1n) is 5.11. The van der Waals surface area contributed by atoms with Gasteiger partial charge in [0.2, 0.25) is 0 Å². The van der Waals surface area contributed by atoms with Crippen LogP contribution in [0.1, 0.15) is 0 Å². The quantitative estimate of drug-likeness (QED) is 0.329. The van der Waals surface area contributed by atoms with Crippen molar-refractivity contribution in [3.05, 3.63) is 34.3 Å². The summed E-state index contributed by atoms with van der Waals surface area (Å²) in [6, 6.07) is 6.54. The maximum atomic E-state index is 9.62. The van der Waals surface area contributed by atoms with Crippen LogP contribution >= 0.6 is 23.2 Å². The minimum Gasteiger partial charge on any atom is -0.506 e. The van der Waals surface area contributed by atoms with E-state index in [1.54, 1.807) is 18.2 Å². The first-order valence-corrected chi connectivity index (χ1v) is 5.87. The fourth-order valence-electron chi connectivity index (χ4n) is 1.78. The number of hydrogen-bond donors (Lipinski definition) is 3. The van der Waals surface area contributed by atoms with Gasteiger partial charge in [-0.25, -0.2) is 0 Å². The van der Waals surface area contributed by atoms with E-state index in [2.05, 4.69) is 5.32 Å². The molecule has 1 aliphatic heterocycles. The predicted octanol–water partition coefficient (Wildman–Crippen LogP) is 4.13. The van der Waals surface area contributed by atoms with Crippen LogP contribution in [-0.4, -0.2) is 5.11 Å². The number of phenolic OH excluding ortho intramolecular Hbond substituents is 1. The minimum absolute atomic E-state index is 0.119. The van der Waals surface area contributed by atoms with Crippen LogP contribution in [0.25, 0.3) is 0 Å². The van der Waals surface area contributed by atoms with Crippen molar-refractivity contribution in [3.8, 4) is 17.2 Å². The number of nitrogen functional groups attached to an aromatic ring is 1. The maximum absolute atomic E-state index is 9.62. The molecule has 0 spiro atoms. The number of nitrogens with one attached hydrogen (secondary N) is 1. The lowest BCUT2D eigenvalue weighted by atomic mass is 10.1. The summed E-state index contributed by atoms with van der Waals surface area (Å²) < 4.78 is 5.63. The zero-order valence-electron chi connectivity index (χ0n) is 9.00. The molecule has 0 saturated carbocycles. The summed E-state index contributed by atoms with van der Waals surface area (Å²) in [6.07, 6.45) is 0. The molecule has 6 heteroatoms. The third-order valence-electron chi connectivity index (χ3n) is 2.67. The van der Waals surface area contributed by atoms with E-state index in [9.17, 15) is 5.11 Å². The topological polar surface area (TPSA) is 67.5 Å². The smallest absolute Gasteiger partial charge is 0.179 e. The summed E-state index contributed by atoms with van der Waals surface area (Å²) in [5.74, 6) is 0.712. The second-order valence-corrected chi connectivity index (χ2v) is 4.71. The second-order valence-electron chi connectivity index (χ2n) is 3.86. The summed E-state index contributed by atoms with van der Waals surface area (Å²) in [4.78, 5) is 0. The van der Waals surface area contributed by atoms with E-state index in [0.717, 1.165) is 5.69 Å². The van der Waals surface area contributed by atoms with Gasteiger partial charge in [-0.05, 0) is 12.1 Å². The zero-order chi connectivity index (χ0) is 12.9. The lowest BCUT2D eigenvalue weighted by molar-refractivity contribution is 0.459. The zero-order valence-corrected chi connectivity index (χ0v) is 10.5. The van der Waals surface area contributed by atoms with E-state index in [1.165, 1.54) is 6.07 Å². The molecule has 0 unspecified atom stereocenters. The highest BCUT2D eigenvalue weighted by atomic mass is 35.5. The lowest BCUT2D eigenvalue weighted by Crippen LogP contribution is -2.06. The summed E-state index contributed by atoms with van der Waals surface area (Å²) >= 11 is 11.9. The number of aromatic hydroxyl groups is 1. The van der Waals surface area contributed by atoms with Crippen LogP contribution in [0.3, 0.4) is 0 Å². The maximum Gasteiger partial charge on any atom is 0.179 e. The van der Waals surface area contributed by atoms with Crippen molar-refractivity contribution in [2.24, 2.45) is 0 Å². The molecule has 3 rings (SSSR count). The van der Waals surface area contributed by atoms with Crippen LogP contribution < -0.4 is 15.8 Å². The third kappa shape index (κ3) is 1.62. The van der Waals surface area contributed by atoms with Crippen LogP contribution in [0.4, 0.5) is 17.1 Å². The largest absolute Gasteiger partial charge is 0.506 e. The molecule has 4 nitrogen and oxygen atoms in total. The average Bonchev–Trinajstić information content (AvgIpc) is 2.34. The molecule has 4 N–H and O–H groups in total. The summed E-state index contributed by atoms with van der Waals surface area (Å²) in [5.41, 5.74) is 7.16. The number of hydrogen-bond acceptors (Lipinski definition) is 4. The molecule has 0 aliphatic carbocycles. The summed E-state index contributed by atoms with van der Waals surface area (Å²) in [5, 5.41) is 13.6. The molecule has 0 atom stereocenters. The Balaban J connectivity index is 2.19. The van der Waals surface area contributed by atoms with Gasteiger partial charge < -0.3 is 20.9 Å². The van der Waals surface area contributed by atoms with Gasteiger partial charge in [0.15, 0.2) is 11.5 Å². The number of anilines is 3. The average molecular weight is 283 g/mol. The Bertz CT molecular complexity index is 659. The number of nitrogens with two attached hydrogens (primary N) is 1. The molecule has 0 amide bonds. The minimum atomic E-state index is -0.119. The summed E-state index contributed by atoms with van der Waals surface area (Å²) in [7, 11) is 0. The van der Waals surface area contributed by atoms with E-state index in [4.69, 9.17) is 33.7 Å². The lowest BCUT2D eigenvalue weighted by Gasteiger charge is -2.24. The number of halogens is 2. The molecule has 0 saturated heterocycles. The predicted molar refractivity (Wildman–Crippen MR) is 72.3 cm³/mol. The van der Waals surface area contributed by atoms with Gasteiger partial charge in [0.05, 0.1) is 10.7 Å². The van der Waals surface area contributed by atoms with Gasteiger partial charge in [-0.3, -0.25) is 0 Å². The Morgan fingerprint density at radius 1 is 1.22 bits per heavy atom. The van der Waals surface area contributed by atoms with Crippen LogP contribution in [-0.2, 0) is 0 Å². The fourth-order valence-corrected chi connectivity index (χ4v) is 2.18. The number of fused-ring (bicyclic) bond motifs is 2. The highest BCUT2D eigenvalue weighted by Gasteiger charge is 2.23. The molecule has 0 aromatic heterocycles. The Morgan fingerprint density at radius 3 is 2.78 bits per heavy atom.